The summed E-state index contributed by atoms with van der Waals surface area (Å²) in [5.41, 5.74) is 3.61. The molecule has 2 aromatic carbocycles. The zero-order valence-electron chi connectivity index (χ0n) is 13.3. The largest absolute Gasteiger partial charge is 0.489 e. The van der Waals surface area contributed by atoms with E-state index in [1.165, 1.54) is 6.33 Å². The zero-order chi connectivity index (χ0) is 17.1. The van der Waals surface area contributed by atoms with Gasteiger partial charge >= 0.3 is 0 Å². The van der Waals surface area contributed by atoms with Gasteiger partial charge in [0.15, 0.2) is 10.8 Å². The first kappa shape index (κ1) is 15.6. The molecule has 0 amide bonds. The van der Waals surface area contributed by atoms with Crippen LogP contribution in [0.5, 0.6) is 5.75 Å². The number of fused-ring (bicyclic) bond motifs is 1. The molecule has 0 atom stereocenters. The summed E-state index contributed by atoms with van der Waals surface area (Å²) in [4.78, 5) is 12.4. The van der Waals surface area contributed by atoms with Crippen LogP contribution in [0.4, 0.5) is 0 Å². The highest BCUT2D eigenvalue weighted by molar-refractivity contribution is 6.33. The predicted octanol–water partition coefficient (Wildman–Crippen LogP) is 4.11. The molecule has 0 unspecified atom stereocenters. The molecule has 0 saturated carbocycles. The SMILES string of the molecule is Clc1ncnc2ncn(Cc3ccc(OCc4ccccc4)cc3)c12. The summed E-state index contributed by atoms with van der Waals surface area (Å²) in [7, 11) is 0. The highest BCUT2D eigenvalue weighted by Gasteiger charge is 2.09. The molecule has 2 aromatic heterocycles. The Balaban J connectivity index is 1.47. The summed E-state index contributed by atoms with van der Waals surface area (Å²) in [6, 6.07) is 18.1. The van der Waals surface area contributed by atoms with Crippen molar-refractivity contribution in [2.75, 3.05) is 0 Å². The quantitative estimate of drug-likeness (QED) is 0.508. The fourth-order valence-corrected chi connectivity index (χ4v) is 2.86. The number of benzene rings is 2. The second kappa shape index (κ2) is 6.91. The fraction of sp³-hybridized carbons (Fsp3) is 0.105. The molecule has 0 aliphatic rings. The molecule has 25 heavy (non-hydrogen) atoms. The van der Waals surface area contributed by atoms with Gasteiger partial charge in [0.2, 0.25) is 0 Å². The van der Waals surface area contributed by atoms with Crippen LogP contribution in [0.1, 0.15) is 11.1 Å². The third-order valence-corrected chi connectivity index (χ3v) is 4.17. The molecule has 0 spiro atoms. The molecule has 4 rings (SSSR count). The minimum absolute atomic E-state index is 0.408. The Morgan fingerprint density at radius 1 is 0.880 bits per heavy atom. The second-order valence-electron chi connectivity index (χ2n) is 5.63. The lowest BCUT2D eigenvalue weighted by Gasteiger charge is -2.08. The van der Waals surface area contributed by atoms with E-state index in [0.29, 0.717) is 24.0 Å². The van der Waals surface area contributed by atoms with E-state index in [1.54, 1.807) is 6.33 Å². The maximum Gasteiger partial charge on any atom is 0.182 e. The Labute approximate surface area is 149 Å². The van der Waals surface area contributed by atoms with Crippen molar-refractivity contribution in [2.24, 2.45) is 0 Å². The first-order valence-electron chi connectivity index (χ1n) is 7.86. The lowest BCUT2D eigenvalue weighted by Crippen LogP contribution is -2.00. The number of aromatic nitrogens is 4. The van der Waals surface area contributed by atoms with Crippen molar-refractivity contribution in [3.8, 4) is 5.75 Å². The average Bonchev–Trinajstić information content (AvgIpc) is 3.06. The highest BCUT2D eigenvalue weighted by Crippen LogP contribution is 2.20. The van der Waals surface area contributed by atoms with E-state index in [4.69, 9.17) is 16.3 Å². The van der Waals surface area contributed by atoms with E-state index in [2.05, 4.69) is 15.0 Å². The molecule has 2 heterocycles. The summed E-state index contributed by atoms with van der Waals surface area (Å²) in [5, 5.41) is 0.408. The van der Waals surface area contributed by atoms with Crippen LogP contribution >= 0.6 is 11.6 Å². The van der Waals surface area contributed by atoms with Gasteiger partial charge in [0.05, 0.1) is 6.33 Å². The summed E-state index contributed by atoms with van der Waals surface area (Å²) in [5.74, 6) is 0.837. The number of hydrogen-bond acceptors (Lipinski definition) is 4. The van der Waals surface area contributed by atoms with E-state index < -0.39 is 0 Å². The van der Waals surface area contributed by atoms with Gasteiger partial charge in [-0.1, -0.05) is 54.1 Å². The number of ether oxygens (including phenoxy) is 1. The van der Waals surface area contributed by atoms with Gasteiger partial charge in [-0.3, -0.25) is 0 Å². The average molecular weight is 351 g/mol. The summed E-state index contributed by atoms with van der Waals surface area (Å²) in [6.07, 6.45) is 3.14. The van der Waals surface area contributed by atoms with Crippen LogP contribution in [0, 0.1) is 0 Å². The number of imidazole rings is 1. The molecule has 0 aliphatic heterocycles. The fourth-order valence-electron chi connectivity index (χ4n) is 2.62. The smallest absolute Gasteiger partial charge is 0.182 e. The van der Waals surface area contributed by atoms with Crippen LogP contribution < -0.4 is 4.74 Å². The van der Waals surface area contributed by atoms with Crippen molar-refractivity contribution in [1.29, 1.82) is 0 Å². The van der Waals surface area contributed by atoms with Crippen molar-refractivity contribution in [1.82, 2.24) is 19.5 Å². The van der Waals surface area contributed by atoms with Crippen molar-refractivity contribution >= 4 is 22.8 Å². The minimum atomic E-state index is 0.408. The second-order valence-corrected chi connectivity index (χ2v) is 5.99. The Morgan fingerprint density at radius 3 is 2.48 bits per heavy atom. The monoisotopic (exact) mass is 350 g/mol. The molecular formula is C19H15ClN4O. The van der Waals surface area contributed by atoms with Crippen LogP contribution in [0.3, 0.4) is 0 Å². The molecule has 6 heteroatoms. The molecule has 5 nitrogen and oxygen atoms in total. The lowest BCUT2D eigenvalue weighted by molar-refractivity contribution is 0.306. The van der Waals surface area contributed by atoms with Gasteiger partial charge in [0, 0.05) is 6.54 Å². The van der Waals surface area contributed by atoms with Gasteiger partial charge < -0.3 is 9.30 Å². The van der Waals surface area contributed by atoms with E-state index in [-0.39, 0.29) is 0 Å². The van der Waals surface area contributed by atoms with Crippen LogP contribution in [0.2, 0.25) is 5.15 Å². The van der Waals surface area contributed by atoms with Crippen molar-refractivity contribution in [3.63, 3.8) is 0 Å². The molecule has 0 bridgehead atoms. The Hall–Kier alpha value is -2.92. The zero-order valence-corrected chi connectivity index (χ0v) is 14.1. The first-order valence-corrected chi connectivity index (χ1v) is 8.24. The van der Waals surface area contributed by atoms with Crippen molar-refractivity contribution in [3.05, 3.63) is 83.5 Å². The lowest BCUT2D eigenvalue weighted by atomic mass is 10.2. The van der Waals surface area contributed by atoms with Crippen LogP contribution in [0.25, 0.3) is 11.2 Å². The van der Waals surface area contributed by atoms with E-state index in [1.807, 2.05) is 59.2 Å². The third-order valence-electron chi connectivity index (χ3n) is 3.89. The number of nitrogens with zero attached hydrogens (tertiary/aromatic N) is 4. The third kappa shape index (κ3) is 3.46. The van der Waals surface area contributed by atoms with Gasteiger partial charge in [0.1, 0.15) is 24.2 Å². The summed E-state index contributed by atoms with van der Waals surface area (Å²) >= 11 is 6.16. The number of rotatable bonds is 5. The molecule has 4 aromatic rings. The van der Waals surface area contributed by atoms with E-state index in [9.17, 15) is 0 Å². The van der Waals surface area contributed by atoms with Gasteiger partial charge in [0.25, 0.3) is 0 Å². The number of hydrogen-bond donors (Lipinski definition) is 0. The Bertz CT molecular complexity index is 983. The molecular weight excluding hydrogens is 336 g/mol. The van der Waals surface area contributed by atoms with Gasteiger partial charge in [-0.15, -0.1) is 0 Å². The topological polar surface area (TPSA) is 52.8 Å². The Morgan fingerprint density at radius 2 is 1.68 bits per heavy atom. The Kier molecular flexibility index (Phi) is 4.31. The van der Waals surface area contributed by atoms with Crippen LogP contribution in [-0.4, -0.2) is 19.5 Å². The molecule has 0 radical (unpaired) electrons. The maximum absolute atomic E-state index is 6.16. The molecule has 0 saturated heterocycles. The van der Waals surface area contributed by atoms with Crippen molar-refractivity contribution in [2.45, 2.75) is 13.2 Å². The van der Waals surface area contributed by atoms with Crippen molar-refractivity contribution < 1.29 is 4.74 Å². The molecule has 0 aliphatic carbocycles. The summed E-state index contributed by atoms with van der Waals surface area (Å²) in [6.45, 7) is 1.20. The molecule has 0 N–H and O–H groups in total. The van der Waals surface area contributed by atoms with Crippen LogP contribution in [0.15, 0.2) is 67.3 Å². The standard InChI is InChI=1S/C19H15ClN4O/c20-18-17-19(22-12-21-18)23-13-24(17)10-14-6-8-16(9-7-14)25-11-15-4-2-1-3-5-15/h1-9,12-13H,10-11H2. The molecule has 124 valence electrons. The molecule has 0 fully saturated rings. The van der Waals surface area contributed by atoms with Gasteiger partial charge in [-0.05, 0) is 23.3 Å². The predicted molar refractivity (Wildman–Crippen MR) is 96.7 cm³/mol. The maximum atomic E-state index is 6.16. The normalized spacial score (nSPS) is 10.9. The number of halogens is 1. The van der Waals surface area contributed by atoms with Gasteiger partial charge in [-0.2, -0.15) is 0 Å². The van der Waals surface area contributed by atoms with E-state index >= 15 is 0 Å². The first-order chi connectivity index (χ1) is 12.3. The minimum Gasteiger partial charge on any atom is -0.489 e. The summed E-state index contributed by atoms with van der Waals surface area (Å²) < 4.78 is 7.75. The van der Waals surface area contributed by atoms with E-state index in [0.717, 1.165) is 22.4 Å². The van der Waals surface area contributed by atoms with Crippen LogP contribution in [-0.2, 0) is 13.2 Å². The highest BCUT2D eigenvalue weighted by atomic mass is 35.5. The van der Waals surface area contributed by atoms with Gasteiger partial charge in [-0.25, -0.2) is 15.0 Å².